The van der Waals surface area contributed by atoms with Crippen LogP contribution in [-0.4, -0.2) is 40.5 Å². The number of hydrogen-bond acceptors (Lipinski definition) is 5. The Kier molecular flexibility index (Phi) is 5.79. The van der Waals surface area contributed by atoms with Crippen LogP contribution in [0.3, 0.4) is 0 Å². The number of aromatic amines is 1. The highest BCUT2D eigenvalue weighted by atomic mass is 16.5. The van der Waals surface area contributed by atoms with E-state index in [1.807, 2.05) is 51.1 Å². The van der Waals surface area contributed by atoms with Crippen molar-refractivity contribution >= 4 is 28.6 Å². The lowest BCUT2D eigenvalue weighted by molar-refractivity contribution is 0.158. The van der Waals surface area contributed by atoms with Gasteiger partial charge in [0.2, 0.25) is 0 Å². The Morgan fingerprint density at radius 3 is 2.75 bits per heavy atom. The van der Waals surface area contributed by atoms with Crippen LogP contribution in [0.2, 0.25) is 0 Å². The molecule has 28 heavy (non-hydrogen) atoms. The zero-order chi connectivity index (χ0) is 20.1. The summed E-state index contributed by atoms with van der Waals surface area (Å²) in [5.41, 5.74) is 1.53. The summed E-state index contributed by atoms with van der Waals surface area (Å²) in [6.45, 7) is 6.52. The number of amides is 2. The highest BCUT2D eigenvalue weighted by molar-refractivity contribution is 5.94. The number of rotatable bonds is 7. The molecule has 0 spiro atoms. The standard InChI is InChI=1S/C20H26N6O2/c1-13(14-8-6-5-7-9-14)22-19(27)23-17-10-16-15(11-21-17)18(26-25-16)24-20(2,3)12-28-4/h5-11,13H,12H2,1-4H3,(H2,24,25,26)(H2,21,22,23,27)/t13-/m1/s1. The predicted molar refractivity (Wildman–Crippen MR) is 110 cm³/mol. The summed E-state index contributed by atoms with van der Waals surface area (Å²) in [6.07, 6.45) is 1.68. The van der Waals surface area contributed by atoms with Crippen LogP contribution in [0.1, 0.15) is 32.4 Å². The largest absolute Gasteiger partial charge is 0.382 e. The van der Waals surface area contributed by atoms with Gasteiger partial charge in [0.25, 0.3) is 0 Å². The van der Waals surface area contributed by atoms with Crippen molar-refractivity contribution in [3.63, 3.8) is 0 Å². The van der Waals surface area contributed by atoms with E-state index in [0.717, 1.165) is 16.5 Å². The molecule has 148 valence electrons. The van der Waals surface area contributed by atoms with Crippen molar-refractivity contribution in [1.29, 1.82) is 0 Å². The Morgan fingerprint density at radius 1 is 1.29 bits per heavy atom. The van der Waals surface area contributed by atoms with Gasteiger partial charge in [0, 0.05) is 19.4 Å². The maximum absolute atomic E-state index is 12.3. The van der Waals surface area contributed by atoms with E-state index in [1.165, 1.54) is 0 Å². The number of pyridine rings is 1. The third kappa shape index (κ3) is 4.77. The minimum absolute atomic E-state index is 0.115. The SMILES string of the molecule is COCC(C)(C)Nc1n[nH]c2cc(NC(=O)N[C@H](C)c3ccccc3)ncc12. The molecule has 2 aromatic heterocycles. The lowest BCUT2D eigenvalue weighted by Crippen LogP contribution is -2.36. The molecule has 1 atom stereocenters. The maximum Gasteiger partial charge on any atom is 0.320 e. The maximum atomic E-state index is 12.3. The Bertz CT molecular complexity index is 938. The van der Waals surface area contributed by atoms with Crippen LogP contribution in [0.5, 0.6) is 0 Å². The van der Waals surface area contributed by atoms with Crippen LogP contribution in [0.25, 0.3) is 10.9 Å². The minimum Gasteiger partial charge on any atom is -0.382 e. The first-order valence-corrected chi connectivity index (χ1v) is 9.12. The fourth-order valence-electron chi connectivity index (χ4n) is 2.97. The lowest BCUT2D eigenvalue weighted by Gasteiger charge is -2.25. The van der Waals surface area contributed by atoms with Crippen molar-refractivity contribution in [1.82, 2.24) is 20.5 Å². The van der Waals surface area contributed by atoms with E-state index in [0.29, 0.717) is 18.2 Å². The second-order valence-electron chi connectivity index (χ2n) is 7.36. The van der Waals surface area contributed by atoms with Gasteiger partial charge in [-0.3, -0.25) is 10.4 Å². The first kappa shape index (κ1) is 19.6. The van der Waals surface area contributed by atoms with Gasteiger partial charge in [-0.2, -0.15) is 5.10 Å². The van der Waals surface area contributed by atoms with Crippen molar-refractivity contribution in [3.8, 4) is 0 Å². The number of nitrogens with one attached hydrogen (secondary N) is 4. The summed E-state index contributed by atoms with van der Waals surface area (Å²) >= 11 is 0. The highest BCUT2D eigenvalue weighted by Gasteiger charge is 2.20. The van der Waals surface area contributed by atoms with Crippen molar-refractivity contribution in [2.45, 2.75) is 32.4 Å². The third-order valence-electron chi connectivity index (χ3n) is 4.30. The molecule has 3 rings (SSSR count). The normalized spacial score (nSPS) is 12.6. The number of nitrogens with zero attached hydrogens (tertiary/aromatic N) is 2. The van der Waals surface area contributed by atoms with Gasteiger partial charge in [0.15, 0.2) is 5.82 Å². The molecule has 0 aliphatic heterocycles. The van der Waals surface area contributed by atoms with E-state index >= 15 is 0 Å². The second kappa shape index (κ2) is 8.26. The van der Waals surface area contributed by atoms with Crippen molar-refractivity contribution in [3.05, 3.63) is 48.2 Å². The van der Waals surface area contributed by atoms with Crippen LogP contribution < -0.4 is 16.0 Å². The van der Waals surface area contributed by atoms with Crippen LogP contribution in [0, 0.1) is 0 Å². The predicted octanol–water partition coefficient (Wildman–Crippen LogP) is 3.68. The van der Waals surface area contributed by atoms with Gasteiger partial charge in [-0.15, -0.1) is 0 Å². The first-order valence-electron chi connectivity index (χ1n) is 9.12. The van der Waals surface area contributed by atoms with Gasteiger partial charge < -0.3 is 15.4 Å². The second-order valence-corrected chi connectivity index (χ2v) is 7.36. The summed E-state index contributed by atoms with van der Waals surface area (Å²) in [5, 5.41) is 17.1. The Hall–Kier alpha value is -3.13. The van der Waals surface area contributed by atoms with Gasteiger partial charge in [0.05, 0.1) is 29.1 Å². The zero-order valence-corrected chi connectivity index (χ0v) is 16.5. The molecule has 0 bridgehead atoms. The van der Waals surface area contributed by atoms with E-state index in [-0.39, 0.29) is 17.6 Å². The topological polar surface area (TPSA) is 104 Å². The number of aromatic nitrogens is 3. The number of carbonyl (C=O) groups is 1. The number of urea groups is 1. The minimum atomic E-state index is -0.317. The number of fused-ring (bicyclic) bond motifs is 1. The van der Waals surface area contributed by atoms with E-state index in [1.54, 1.807) is 19.4 Å². The van der Waals surface area contributed by atoms with Crippen LogP contribution >= 0.6 is 0 Å². The summed E-state index contributed by atoms with van der Waals surface area (Å²) < 4.78 is 5.22. The lowest BCUT2D eigenvalue weighted by atomic mass is 10.1. The average Bonchev–Trinajstić information content (AvgIpc) is 3.03. The molecule has 0 aliphatic carbocycles. The molecule has 0 unspecified atom stereocenters. The number of carbonyl (C=O) groups excluding carboxylic acids is 1. The Balaban J connectivity index is 1.67. The van der Waals surface area contributed by atoms with Gasteiger partial charge >= 0.3 is 6.03 Å². The molecule has 8 heteroatoms. The smallest absolute Gasteiger partial charge is 0.320 e. The molecule has 2 amide bonds. The summed E-state index contributed by atoms with van der Waals surface area (Å²) in [7, 11) is 1.66. The van der Waals surface area contributed by atoms with Gasteiger partial charge in [-0.05, 0) is 26.3 Å². The van der Waals surface area contributed by atoms with Crippen LogP contribution in [0.15, 0.2) is 42.6 Å². The molecule has 0 aliphatic rings. The molecule has 0 saturated heterocycles. The fraction of sp³-hybridized carbons (Fsp3) is 0.350. The van der Waals surface area contributed by atoms with E-state index < -0.39 is 0 Å². The van der Waals surface area contributed by atoms with E-state index in [9.17, 15) is 4.79 Å². The van der Waals surface area contributed by atoms with E-state index in [2.05, 4.69) is 31.1 Å². The molecule has 8 nitrogen and oxygen atoms in total. The molecular formula is C20H26N6O2. The van der Waals surface area contributed by atoms with Gasteiger partial charge in [0.1, 0.15) is 5.82 Å². The molecule has 2 heterocycles. The number of ether oxygens (including phenoxy) is 1. The molecule has 0 saturated carbocycles. The zero-order valence-electron chi connectivity index (χ0n) is 16.5. The van der Waals surface area contributed by atoms with E-state index in [4.69, 9.17) is 4.74 Å². The fourth-order valence-corrected chi connectivity index (χ4v) is 2.97. The first-order chi connectivity index (χ1) is 13.4. The molecule has 1 aromatic carbocycles. The Labute approximate surface area is 164 Å². The number of anilines is 2. The molecular weight excluding hydrogens is 356 g/mol. The summed E-state index contributed by atoms with van der Waals surface area (Å²) in [5.74, 6) is 1.13. The number of methoxy groups -OCH3 is 1. The Morgan fingerprint density at radius 2 is 2.04 bits per heavy atom. The average molecular weight is 382 g/mol. The number of hydrogen-bond donors (Lipinski definition) is 4. The summed E-state index contributed by atoms with van der Waals surface area (Å²) in [6, 6.07) is 11.1. The quantitative estimate of drug-likeness (QED) is 0.499. The number of benzene rings is 1. The van der Waals surface area contributed by atoms with Crippen molar-refractivity contribution < 1.29 is 9.53 Å². The summed E-state index contributed by atoms with van der Waals surface area (Å²) in [4.78, 5) is 16.6. The monoisotopic (exact) mass is 382 g/mol. The molecule has 3 aromatic rings. The van der Waals surface area contributed by atoms with Gasteiger partial charge in [-0.25, -0.2) is 9.78 Å². The van der Waals surface area contributed by atoms with Gasteiger partial charge in [-0.1, -0.05) is 30.3 Å². The molecule has 0 radical (unpaired) electrons. The van der Waals surface area contributed by atoms with Crippen molar-refractivity contribution in [2.75, 3.05) is 24.4 Å². The van der Waals surface area contributed by atoms with Crippen LogP contribution in [-0.2, 0) is 4.74 Å². The third-order valence-corrected chi connectivity index (χ3v) is 4.30. The molecule has 4 N–H and O–H groups in total. The highest BCUT2D eigenvalue weighted by Crippen LogP contribution is 2.24. The molecule has 0 fully saturated rings. The number of H-pyrrole nitrogens is 1. The van der Waals surface area contributed by atoms with Crippen LogP contribution in [0.4, 0.5) is 16.4 Å². The van der Waals surface area contributed by atoms with Crippen molar-refractivity contribution in [2.24, 2.45) is 0 Å².